The molecule has 1 heterocycles. The summed E-state index contributed by atoms with van der Waals surface area (Å²) in [6.07, 6.45) is 0. The Kier molecular flexibility index (Phi) is 6.36. The number of hydroxylamine groups is 1. The zero-order valence-corrected chi connectivity index (χ0v) is 12.6. The van der Waals surface area contributed by atoms with Gasteiger partial charge < -0.3 is 4.74 Å². The number of hydrogen-bond donors (Lipinski definition) is 1. The minimum absolute atomic E-state index is 0.611. The highest BCUT2D eigenvalue weighted by atomic mass is 127. The number of hydrogen-bond acceptors (Lipinski definition) is 4. The maximum atomic E-state index is 5.44. The summed E-state index contributed by atoms with van der Waals surface area (Å²) in [4.78, 5) is 7.82. The van der Waals surface area contributed by atoms with Crippen molar-refractivity contribution in [1.29, 1.82) is 0 Å². The van der Waals surface area contributed by atoms with Crippen LogP contribution in [-0.2, 0) is 16.2 Å². The molecular formula is C13H19IN2O2. The van der Waals surface area contributed by atoms with Gasteiger partial charge in [0.15, 0.2) is 0 Å². The van der Waals surface area contributed by atoms with Crippen molar-refractivity contribution in [2.75, 3.05) is 39.4 Å². The molecule has 1 aliphatic rings. The van der Waals surface area contributed by atoms with Crippen LogP contribution < -0.4 is 5.48 Å². The fraction of sp³-hybridized carbons (Fsp3) is 0.538. The minimum atomic E-state index is 0.611. The Labute approximate surface area is 122 Å². The van der Waals surface area contributed by atoms with Gasteiger partial charge in [-0.2, -0.15) is 0 Å². The van der Waals surface area contributed by atoms with Gasteiger partial charge in [-0.25, -0.2) is 5.48 Å². The molecule has 18 heavy (non-hydrogen) atoms. The van der Waals surface area contributed by atoms with Gasteiger partial charge in [0.2, 0.25) is 0 Å². The predicted molar refractivity (Wildman–Crippen MR) is 79.2 cm³/mol. The number of benzene rings is 1. The third-order valence-electron chi connectivity index (χ3n) is 2.89. The average molecular weight is 362 g/mol. The van der Waals surface area contributed by atoms with Gasteiger partial charge >= 0.3 is 0 Å². The van der Waals surface area contributed by atoms with E-state index < -0.39 is 0 Å². The van der Waals surface area contributed by atoms with Gasteiger partial charge in [0, 0.05) is 29.7 Å². The van der Waals surface area contributed by atoms with Gasteiger partial charge in [-0.05, 0) is 40.3 Å². The largest absolute Gasteiger partial charge is 0.379 e. The highest BCUT2D eigenvalue weighted by molar-refractivity contribution is 14.1. The molecule has 0 amide bonds. The van der Waals surface area contributed by atoms with Crippen molar-refractivity contribution in [1.82, 2.24) is 10.4 Å². The first kappa shape index (κ1) is 14.2. The van der Waals surface area contributed by atoms with Crippen LogP contribution in [0, 0.1) is 3.57 Å². The van der Waals surface area contributed by atoms with Gasteiger partial charge in [-0.1, -0.05) is 12.1 Å². The molecule has 1 aromatic rings. The van der Waals surface area contributed by atoms with Crippen LogP contribution >= 0.6 is 22.6 Å². The fourth-order valence-electron chi connectivity index (χ4n) is 1.82. The number of rotatable bonds is 6. The van der Waals surface area contributed by atoms with Crippen molar-refractivity contribution in [2.24, 2.45) is 0 Å². The van der Waals surface area contributed by atoms with E-state index in [1.54, 1.807) is 0 Å². The summed E-state index contributed by atoms with van der Waals surface area (Å²) in [5, 5.41) is 0. The summed E-state index contributed by atoms with van der Waals surface area (Å²) >= 11 is 2.30. The number of morpholine rings is 1. The maximum Gasteiger partial charge on any atom is 0.0933 e. The molecule has 0 saturated carbocycles. The van der Waals surface area contributed by atoms with Crippen molar-refractivity contribution >= 4 is 22.6 Å². The second kappa shape index (κ2) is 8.06. The van der Waals surface area contributed by atoms with E-state index in [0.29, 0.717) is 6.61 Å². The van der Waals surface area contributed by atoms with E-state index in [-0.39, 0.29) is 0 Å². The highest BCUT2D eigenvalue weighted by Gasteiger charge is 2.08. The molecule has 1 aromatic carbocycles. The SMILES string of the molecule is Ic1ccc(CONCCN2CCOCC2)cc1. The summed E-state index contributed by atoms with van der Waals surface area (Å²) in [6.45, 7) is 6.23. The van der Waals surface area contributed by atoms with Crippen molar-refractivity contribution in [2.45, 2.75) is 6.61 Å². The normalized spacial score (nSPS) is 16.9. The Hall–Kier alpha value is -0.210. The van der Waals surface area contributed by atoms with Crippen LogP contribution in [0.25, 0.3) is 0 Å². The van der Waals surface area contributed by atoms with Crippen LogP contribution in [0.4, 0.5) is 0 Å². The molecule has 1 saturated heterocycles. The molecule has 1 fully saturated rings. The minimum Gasteiger partial charge on any atom is -0.379 e. The first-order valence-electron chi connectivity index (χ1n) is 6.24. The lowest BCUT2D eigenvalue weighted by atomic mass is 10.2. The Morgan fingerprint density at radius 3 is 2.67 bits per heavy atom. The third-order valence-corrected chi connectivity index (χ3v) is 3.61. The molecule has 0 unspecified atom stereocenters. The summed E-state index contributed by atoms with van der Waals surface area (Å²) in [5.41, 5.74) is 4.20. The van der Waals surface area contributed by atoms with Crippen molar-refractivity contribution in [3.05, 3.63) is 33.4 Å². The smallest absolute Gasteiger partial charge is 0.0933 e. The van der Waals surface area contributed by atoms with Crippen molar-refractivity contribution < 1.29 is 9.57 Å². The molecule has 0 aromatic heterocycles. The van der Waals surface area contributed by atoms with Crippen LogP contribution in [0.15, 0.2) is 24.3 Å². The molecule has 0 spiro atoms. The lowest BCUT2D eigenvalue weighted by Gasteiger charge is -2.26. The zero-order valence-electron chi connectivity index (χ0n) is 10.4. The lowest BCUT2D eigenvalue weighted by Crippen LogP contribution is -2.40. The van der Waals surface area contributed by atoms with E-state index in [0.717, 1.165) is 39.4 Å². The summed E-state index contributed by atoms with van der Waals surface area (Å²) in [5.74, 6) is 0. The van der Waals surface area contributed by atoms with E-state index in [1.807, 2.05) is 0 Å². The molecule has 2 rings (SSSR count). The van der Waals surface area contributed by atoms with Crippen molar-refractivity contribution in [3.8, 4) is 0 Å². The first-order valence-corrected chi connectivity index (χ1v) is 7.32. The van der Waals surface area contributed by atoms with Crippen molar-refractivity contribution in [3.63, 3.8) is 0 Å². The molecule has 5 heteroatoms. The zero-order chi connectivity index (χ0) is 12.6. The third kappa shape index (κ3) is 5.19. The van der Waals surface area contributed by atoms with E-state index in [9.17, 15) is 0 Å². The van der Waals surface area contributed by atoms with Crippen LogP contribution in [-0.4, -0.2) is 44.3 Å². The Bertz CT molecular complexity index is 339. The molecule has 100 valence electrons. The first-order chi connectivity index (χ1) is 8.84. The van der Waals surface area contributed by atoms with E-state index >= 15 is 0 Å². The predicted octanol–water partition coefficient (Wildman–Crippen LogP) is 1.64. The number of nitrogens with zero attached hydrogens (tertiary/aromatic N) is 1. The van der Waals surface area contributed by atoms with Crippen LogP contribution in [0.2, 0.25) is 0 Å². The second-order valence-corrected chi connectivity index (χ2v) is 5.51. The summed E-state index contributed by atoms with van der Waals surface area (Å²) in [6, 6.07) is 8.36. The molecule has 4 nitrogen and oxygen atoms in total. The molecule has 0 bridgehead atoms. The van der Waals surface area contributed by atoms with Crippen LogP contribution in [0.5, 0.6) is 0 Å². The summed E-state index contributed by atoms with van der Waals surface area (Å²) in [7, 11) is 0. The molecule has 1 aliphatic heterocycles. The van der Waals surface area contributed by atoms with Gasteiger partial charge in [-0.3, -0.25) is 9.74 Å². The fourth-order valence-corrected chi connectivity index (χ4v) is 2.18. The van der Waals surface area contributed by atoms with Gasteiger partial charge in [0.1, 0.15) is 0 Å². The summed E-state index contributed by atoms with van der Waals surface area (Å²) < 4.78 is 6.55. The maximum absolute atomic E-state index is 5.44. The Morgan fingerprint density at radius 2 is 1.94 bits per heavy atom. The highest BCUT2D eigenvalue weighted by Crippen LogP contribution is 2.07. The average Bonchev–Trinajstić information content (AvgIpc) is 2.42. The number of halogens is 1. The van der Waals surface area contributed by atoms with Crippen LogP contribution in [0.1, 0.15) is 5.56 Å². The molecule has 0 atom stereocenters. The number of nitrogens with one attached hydrogen (secondary N) is 1. The molecule has 0 radical (unpaired) electrons. The molecule has 0 aliphatic carbocycles. The van der Waals surface area contributed by atoms with Gasteiger partial charge in [0.25, 0.3) is 0 Å². The second-order valence-electron chi connectivity index (χ2n) is 4.26. The Balaban J connectivity index is 1.54. The van der Waals surface area contributed by atoms with Gasteiger partial charge in [-0.15, -0.1) is 0 Å². The lowest BCUT2D eigenvalue weighted by molar-refractivity contribution is 0.00624. The van der Waals surface area contributed by atoms with Gasteiger partial charge in [0.05, 0.1) is 19.8 Å². The molecular weight excluding hydrogens is 343 g/mol. The van der Waals surface area contributed by atoms with E-state index in [1.165, 1.54) is 9.13 Å². The quantitative estimate of drug-likeness (QED) is 0.474. The monoisotopic (exact) mass is 362 g/mol. The van der Waals surface area contributed by atoms with E-state index in [2.05, 4.69) is 57.2 Å². The van der Waals surface area contributed by atoms with Crippen LogP contribution in [0.3, 0.4) is 0 Å². The topological polar surface area (TPSA) is 33.7 Å². The van der Waals surface area contributed by atoms with E-state index in [4.69, 9.17) is 9.57 Å². The number of ether oxygens (including phenoxy) is 1. The standard InChI is InChI=1S/C13H19IN2O2/c14-13-3-1-12(2-4-13)11-18-15-5-6-16-7-9-17-10-8-16/h1-4,15H,5-11H2. The Morgan fingerprint density at radius 1 is 1.22 bits per heavy atom. The molecule has 1 N–H and O–H groups in total.